The molecule has 1 aliphatic heterocycles. The predicted octanol–water partition coefficient (Wildman–Crippen LogP) is 2.96. The van der Waals surface area contributed by atoms with E-state index in [1.165, 1.54) is 11.0 Å². The van der Waals surface area contributed by atoms with Crippen LogP contribution in [0.2, 0.25) is 0 Å². The van der Waals surface area contributed by atoms with Crippen molar-refractivity contribution in [2.75, 3.05) is 12.0 Å². The number of benzene rings is 2. The summed E-state index contributed by atoms with van der Waals surface area (Å²) in [6.07, 6.45) is 1.38. The second-order valence-corrected chi connectivity index (χ2v) is 5.10. The van der Waals surface area contributed by atoms with Crippen molar-refractivity contribution in [1.29, 1.82) is 0 Å². The monoisotopic (exact) mass is 293 g/mol. The van der Waals surface area contributed by atoms with Crippen molar-refractivity contribution in [2.24, 2.45) is 0 Å². The lowest BCUT2D eigenvalue weighted by molar-refractivity contribution is -0.119. The van der Waals surface area contributed by atoms with Gasteiger partial charge in [-0.25, -0.2) is 4.90 Å². The summed E-state index contributed by atoms with van der Waals surface area (Å²) in [6.45, 7) is 1.96. The van der Waals surface area contributed by atoms with Crippen LogP contribution in [0.4, 0.5) is 5.69 Å². The molecule has 2 amide bonds. The van der Waals surface area contributed by atoms with E-state index in [1.54, 1.807) is 43.5 Å². The summed E-state index contributed by atoms with van der Waals surface area (Å²) >= 11 is 0. The van der Waals surface area contributed by atoms with Gasteiger partial charge >= 0.3 is 0 Å². The van der Waals surface area contributed by atoms with Crippen LogP contribution in [0.25, 0.3) is 5.57 Å². The van der Waals surface area contributed by atoms with Crippen molar-refractivity contribution in [3.8, 4) is 5.75 Å². The first-order valence-corrected chi connectivity index (χ1v) is 6.91. The van der Waals surface area contributed by atoms with E-state index >= 15 is 0 Å². The molecular weight excluding hydrogens is 278 g/mol. The van der Waals surface area contributed by atoms with Crippen LogP contribution in [0, 0.1) is 6.92 Å². The van der Waals surface area contributed by atoms with Gasteiger partial charge in [-0.2, -0.15) is 0 Å². The summed E-state index contributed by atoms with van der Waals surface area (Å²) in [5.74, 6) is 0.0789. The molecule has 0 N–H and O–H groups in total. The Morgan fingerprint density at radius 1 is 0.909 bits per heavy atom. The molecular formula is C18H15NO3. The largest absolute Gasteiger partial charge is 0.497 e. The van der Waals surface area contributed by atoms with E-state index < -0.39 is 0 Å². The van der Waals surface area contributed by atoms with E-state index in [4.69, 9.17) is 4.74 Å². The molecule has 2 aromatic rings. The van der Waals surface area contributed by atoms with Gasteiger partial charge in [0.2, 0.25) is 0 Å². The number of carbonyl (C=O) groups is 2. The molecule has 0 fully saturated rings. The molecule has 22 heavy (non-hydrogen) atoms. The van der Waals surface area contributed by atoms with Gasteiger partial charge in [-0.3, -0.25) is 9.59 Å². The number of anilines is 1. The molecule has 0 saturated carbocycles. The predicted molar refractivity (Wildman–Crippen MR) is 84.6 cm³/mol. The summed E-state index contributed by atoms with van der Waals surface area (Å²) in [6, 6.07) is 14.4. The van der Waals surface area contributed by atoms with Gasteiger partial charge < -0.3 is 4.74 Å². The molecule has 0 spiro atoms. The SMILES string of the molecule is COc1ccc(C2=CC(=O)N(c3ccc(C)cc3)C2=O)cc1. The van der Waals surface area contributed by atoms with Gasteiger partial charge in [-0.05, 0) is 36.8 Å². The van der Waals surface area contributed by atoms with Crippen LogP contribution in [-0.4, -0.2) is 18.9 Å². The fourth-order valence-corrected chi connectivity index (χ4v) is 2.39. The normalized spacial score (nSPS) is 14.3. The summed E-state index contributed by atoms with van der Waals surface area (Å²) in [7, 11) is 1.58. The van der Waals surface area contributed by atoms with Gasteiger partial charge in [0.15, 0.2) is 0 Å². The number of carbonyl (C=O) groups excluding carboxylic acids is 2. The molecule has 0 saturated heterocycles. The highest BCUT2D eigenvalue weighted by molar-refractivity contribution is 6.43. The van der Waals surface area contributed by atoms with E-state index in [2.05, 4.69) is 0 Å². The Morgan fingerprint density at radius 3 is 2.14 bits per heavy atom. The smallest absolute Gasteiger partial charge is 0.266 e. The summed E-state index contributed by atoms with van der Waals surface area (Å²) in [5, 5.41) is 0. The third-order valence-corrected chi connectivity index (χ3v) is 3.61. The van der Waals surface area contributed by atoms with E-state index in [9.17, 15) is 9.59 Å². The number of ether oxygens (including phenoxy) is 1. The number of rotatable bonds is 3. The summed E-state index contributed by atoms with van der Waals surface area (Å²) in [4.78, 5) is 25.9. The fraction of sp³-hybridized carbons (Fsp3) is 0.111. The number of aryl methyl sites for hydroxylation is 1. The zero-order valence-electron chi connectivity index (χ0n) is 12.4. The van der Waals surface area contributed by atoms with Crippen molar-refractivity contribution in [3.63, 3.8) is 0 Å². The molecule has 1 aliphatic rings. The zero-order valence-corrected chi connectivity index (χ0v) is 12.4. The molecule has 0 unspecified atom stereocenters. The Bertz CT molecular complexity index is 758. The van der Waals surface area contributed by atoms with Crippen LogP contribution in [0.3, 0.4) is 0 Å². The maximum Gasteiger partial charge on any atom is 0.266 e. The molecule has 0 radical (unpaired) electrons. The average molecular weight is 293 g/mol. The molecule has 1 heterocycles. The highest BCUT2D eigenvalue weighted by Crippen LogP contribution is 2.29. The molecule has 2 aromatic carbocycles. The Morgan fingerprint density at radius 2 is 1.55 bits per heavy atom. The number of imide groups is 1. The Labute approximate surface area is 128 Å². The average Bonchev–Trinajstić information content (AvgIpc) is 2.83. The van der Waals surface area contributed by atoms with E-state index in [0.717, 1.165) is 5.56 Å². The highest BCUT2D eigenvalue weighted by Gasteiger charge is 2.32. The van der Waals surface area contributed by atoms with Crippen molar-refractivity contribution < 1.29 is 14.3 Å². The first-order valence-electron chi connectivity index (χ1n) is 6.91. The van der Waals surface area contributed by atoms with Crippen LogP contribution in [0.5, 0.6) is 5.75 Å². The molecule has 0 bridgehead atoms. The summed E-state index contributed by atoms with van der Waals surface area (Å²) < 4.78 is 5.10. The lowest BCUT2D eigenvalue weighted by Crippen LogP contribution is -2.30. The Hall–Kier alpha value is -2.88. The van der Waals surface area contributed by atoms with Crippen molar-refractivity contribution in [3.05, 3.63) is 65.7 Å². The lowest BCUT2D eigenvalue weighted by atomic mass is 10.1. The third-order valence-electron chi connectivity index (χ3n) is 3.61. The molecule has 110 valence electrons. The maximum absolute atomic E-state index is 12.6. The number of hydrogen-bond acceptors (Lipinski definition) is 3. The van der Waals surface area contributed by atoms with Crippen LogP contribution in [-0.2, 0) is 9.59 Å². The van der Waals surface area contributed by atoms with E-state index in [0.29, 0.717) is 22.6 Å². The van der Waals surface area contributed by atoms with Gasteiger partial charge in [-0.1, -0.05) is 29.8 Å². The number of amides is 2. The molecule has 0 aromatic heterocycles. The Kier molecular flexibility index (Phi) is 3.51. The Balaban J connectivity index is 1.92. The molecule has 0 aliphatic carbocycles. The minimum absolute atomic E-state index is 0.306. The van der Waals surface area contributed by atoms with Crippen LogP contribution in [0.15, 0.2) is 54.6 Å². The minimum Gasteiger partial charge on any atom is -0.497 e. The van der Waals surface area contributed by atoms with Crippen molar-refractivity contribution in [1.82, 2.24) is 0 Å². The lowest BCUT2D eigenvalue weighted by Gasteiger charge is -2.15. The van der Waals surface area contributed by atoms with Crippen LogP contribution >= 0.6 is 0 Å². The number of hydrogen-bond donors (Lipinski definition) is 0. The number of nitrogens with zero attached hydrogens (tertiary/aromatic N) is 1. The van der Waals surface area contributed by atoms with Crippen molar-refractivity contribution in [2.45, 2.75) is 6.92 Å². The maximum atomic E-state index is 12.6. The topological polar surface area (TPSA) is 46.6 Å². The molecule has 4 heteroatoms. The van der Waals surface area contributed by atoms with Gasteiger partial charge in [0.25, 0.3) is 11.8 Å². The fourth-order valence-electron chi connectivity index (χ4n) is 2.39. The first kappa shape index (κ1) is 14.1. The van der Waals surface area contributed by atoms with Gasteiger partial charge in [0, 0.05) is 6.08 Å². The van der Waals surface area contributed by atoms with E-state index in [1.807, 2.05) is 19.1 Å². The number of methoxy groups -OCH3 is 1. The van der Waals surface area contributed by atoms with Crippen LogP contribution in [0.1, 0.15) is 11.1 Å². The third kappa shape index (κ3) is 2.39. The molecule has 0 atom stereocenters. The molecule has 4 nitrogen and oxygen atoms in total. The van der Waals surface area contributed by atoms with E-state index in [-0.39, 0.29) is 11.8 Å². The van der Waals surface area contributed by atoms with Gasteiger partial charge in [0.05, 0.1) is 18.4 Å². The first-order chi connectivity index (χ1) is 10.6. The summed E-state index contributed by atoms with van der Waals surface area (Å²) in [5.41, 5.74) is 2.76. The second kappa shape index (κ2) is 5.48. The van der Waals surface area contributed by atoms with Gasteiger partial charge in [-0.15, -0.1) is 0 Å². The quantitative estimate of drug-likeness (QED) is 0.817. The molecule has 3 rings (SSSR count). The van der Waals surface area contributed by atoms with Crippen molar-refractivity contribution >= 4 is 23.1 Å². The highest BCUT2D eigenvalue weighted by atomic mass is 16.5. The minimum atomic E-state index is -0.320. The zero-order chi connectivity index (χ0) is 15.7. The van der Waals surface area contributed by atoms with Gasteiger partial charge in [0.1, 0.15) is 5.75 Å². The second-order valence-electron chi connectivity index (χ2n) is 5.10. The standard InChI is InChI=1S/C18H15NO3/c1-12-3-7-14(8-4-12)19-17(20)11-16(18(19)21)13-5-9-15(22-2)10-6-13/h3-11H,1-2H3. The van der Waals surface area contributed by atoms with Crippen LogP contribution < -0.4 is 9.64 Å².